The van der Waals surface area contributed by atoms with Gasteiger partial charge in [0.2, 0.25) is 0 Å². The molecular weight excluding hydrogens is 1130 g/mol. The molecule has 4 aliphatic rings. The first-order chi connectivity index (χ1) is 24.1. The van der Waals surface area contributed by atoms with Crippen molar-refractivity contribution in [2.75, 3.05) is 6.61 Å². The summed E-state index contributed by atoms with van der Waals surface area (Å²) in [5.41, 5.74) is -6.82. The number of carbonyl (C=O) groups is 4. The van der Waals surface area contributed by atoms with Crippen molar-refractivity contribution in [1.82, 2.24) is 5.32 Å². The van der Waals surface area contributed by atoms with Gasteiger partial charge >= 0.3 is 18.0 Å². The van der Waals surface area contributed by atoms with Crippen LogP contribution in [0.25, 0.3) is 0 Å². The van der Waals surface area contributed by atoms with Gasteiger partial charge in [-0.1, -0.05) is 43.7 Å². The number of hydrogen-bond acceptors (Lipinski definition) is 13. The summed E-state index contributed by atoms with van der Waals surface area (Å²) in [6.07, 6.45) is -10.2. The first kappa shape index (κ1) is 47.6. The molecule has 6 N–H and O–H groups in total. The van der Waals surface area contributed by atoms with Crippen molar-refractivity contribution in [2.45, 2.75) is 128 Å². The van der Waals surface area contributed by atoms with Crippen LogP contribution in [0.2, 0.25) is 0 Å². The molecule has 14 nitrogen and oxygen atoms in total. The zero-order chi connectivity index (χ0) is 38.7. The number of amides is 1. The minimum Gasteiger partial charge on any atom is -0.456 e. The number of nitrogens with one attached hydrogen (secondary N) is 1. The average Bonchev–Trinajstić information content (AvgIpc) is 3.06. The number of carbonyl (C=O) groups excluding carboxylic acids is 4. The number of alkyl carbamates (subject to hydrolysis) is 1. The molecule has 2 radical (unpaired) electrons. The topological polar surface area (TPSA) is 218 Å². The maximum absolute atomic E-state index is 14.6. The number of benzene rings is 1. The number of aliphatic hydroxyl groups excluding tert-OH is 3. The molecule has 1 aromatic rings. The SMILES string of the molecule is CC(C)=CC(NC(=O)OC(C)C)C(O)C(=O)OC1CC2(O)C(OC(=O)c3ccccc3)C3[C@]4(O)COC4CC(O)[C@@]3(C)C(=O)C(O)C(=C1C)C2(C)C.[Ac].[Ac]. The molecular formula is C38H51Ac2NO13. The number of allylic oxidation sites excluding steroid dienone is 1. The maximum Gasteiger partial charge on any atom is 0.407 e. The van der Waals surface area contributed by atoms with Crippen LogP contribution < -0.4 is 5.32 Å². The second-order valence-corrected chi connectivity index (χ2v) is 15.9. The maximum atomic E-state index is 14.6. The van der Waals surface area contributed by atoms with Crippen LogP contribution in [0.5, 0.6) is 0 Å². The van der Waals surface area contributed by atoms with Gasteiger partial charge in [-0.25, -0.2) is 14.4 Å². The Bertz CT molecular complexity index is 1660. The van der Waals surface area contributed by atoms with Crippen molar-refractivity contribution >= 4 is 23.8 Å². The largest absolute Gasteiger partial charge is 0.456 e. The molecule has 16 heteroatoms. The van der Waals surface area contributed by atoms with Crippen molar-refractivity contribution in [3.8, 4) is 0 Å². The fourth-order valence-electron chi connectivity index (χ4n) is 8.69. The third kappa shape index (κ3) is 8.24. The predicted molar refractivity (Wildman–Crippen MR) is 183 cm³/mol. The summed E-state index contributed by atoms with van der Waals surface area (Å²) in [7, 11) is 0. The number of ketones is 1. The molecule has 9 unspecified atom stereocenters. The fraction of sp³-hybridized carbons (Fsp3) is 0.632. The van der Waals surface area contributed by atoms with Gasteiger partial charge in [0.15, 0.2) is 11.9 Å². The van der Waals surface area contributed by atoms with Gasteiger partial charge in [-0.3, -0.25) is 4.79 Å². The van der Waals surface area contributed by atoms with E-state index in [0.29, 0.717) is 5.57 Å². The van der Waals surface area contributed by atoms with E-state index in [2.05, 4.69) is 5.32 Å². The van der Waals surface area contributed by atoms with Crippen molar-refractivity contribution in [2.24, 2.45) is 16.7 Å². The molecule has 11 atom stereocenters. The third-order valence-electron chi connectivity index (χ3n) is 11.6. The Hall–Kier alpha value is -0.777. The van der Waals surface area contributed by atoms with Gasteiger partial charge in [-0.15, -0.1) is 0 Å². The molecule has 1 heterocycles. The molecule has 3 fully saturated rings. The van der Waals surface area contributed by atoms with E-state index in [0.717, 1.165) is 0 Å². The van der Waals surface area contributed by atoms with Crippen LogP contribution in [0.4, 0.5) is 4.79 Å². The van der Waals surface area contributed by atoms with E-state index in [9.17, 15) is 44.7 Å². The summed E-state index contributed by atoms with van der Waals surface area (Å²) in [5.74, 6) is -4.51. The van der Waals surface area contributed by atoms with Crippen LogP contribution >= 0.6 is 0 Å². The smallest absolute Gasteiger partial charge is 0.407 e. The van der Waals surface area contributed by atoms with E-state index in [1.807, 2.05) is 0 Å². The molecule has 2 bridgehead atoms. The Labute approximate surface area is 386 Å². The summed E-state index contributed by atoms with van der Waals surface area (Å²) in [5, 5.41) is 62.5. The van der Waals surface area contributed by atoms with Gasteiger partial charge in [0.05, 0.1) is 41.9 Å². The third-order valence-corrected chi connectivity index (χ3v) is 11.6. The first-order valence-electron chi connectivity index (χ1n) is 17.6. The molecule has 3 aliphatic carbocycles. The Balaban J connectivity index is 0.00000392. The Kier molecular flexibility index (Phi) is 15.5. The minimum atomic E-state index is -2.29. The number of hydrogen-bond donors (Lipinski definition) is 6. The van der Waals surface area contributed by atoms with E-state index >= 15 is 0 Å². The van der Waals surface area contributed by atoms with E-state index in [4.69, 9.17) is 18.9 Å². The van der Waals surface area contributed by atoms with Crippen LogP contribution in [0.1, 0.15) is 78.6 Å². The number of rotatable bonds is 8. The summed E-state index contributed by atoms with van der Waals surface area (Å²) in [4.78, 5) is 54.6. The summed E-state index contributed by atoms with van der Waals surface area (Å²) < 4.78 is 22.8. The van der Waals surface area contributed by atoms with Crippen LogP contribution in [-0.2, 0) is 28.5 Å². The average molecular weight is 1180 g/mol. The van der Waals surface area contributed by atoms with Gasteiger partial charge in [-0.05, 0) is 64.8 Å². The second-order valence-electron chi connectivity index (χ2n) is 15.9. The van der Waals surface area contributed by atoms with E-state index < -0.39 is 107 Å². The Morgan fingerprint density at radius 1 is 1.02 bits per heavy atom. The standard InChI is InChI=1S/C38H51NO13.2Ac/c1-18(2)14-22(39-34(46)50-19(3)4)27(41)33(45)51-23-16-38(48)31(52-32(44)21-12-10-9-11-13-21)29-36(8,24(40)15-25-37(29,47)17-49-25)30(43)28(42)26(20(23)5)35(38,6)7;;/h9-14,19,22-25,27-29,31,40-42,47-48H,15-17H2,1-8H3,(H,39,46);;/t22?,23?,24?,25?,27?,28?,29?,31?,36-,37+,38?;;/m1../s1. The zero-order valence-electron chi connectivity index (χ0n) is 31.9. The molecule has 5 rings (SSSR count). The van der Waals surface area contributed by atoms with Gasteiger partial charge in [0, 0.05) is 112 Å². The van der Waals surface area contributed by atoms with Crippen molar-refractivity contribution in [3.05, 3.63) is 58.7 Å². The summed E-state index contributed by atoms with van der Waals surface area (Å²) in [6, 6.07) is 6.60. The number of esters is 2. The van der Waals surface area contributed by atoms with Crippen LogP contribution in [0, 0.1) is 105 Å². The normalized spacial score (nSPS) is 34.7. The zero-order valence-corrected chi connectivity index (χ0v) is 41.4. The molecule has 1 aliphatic heterocycles. The molecule has 0 spiro atoms. The summed E-state index contributed by atoms with van der Waals surface area (Å²) >= 11 is 0. The minimum absolute atomic E-state index is 0. The first-order valence-corrected chi connectivity index (χ1v) is 17.6. The fourth-order valence-corrected chi connectivity index (χ4v) is 8.69. The van der Waals surface area contributed by atoms with Crippen molar-refractivity contribution in [1.29, 1.82) is 0 Å². The summed E-state index contributed by atoms with van der Waals surface area (Å²) in [6.45, 7) is 12.3. The number of Topliss-reactive ketones (excluding diaryl/α,β-unsaturated/α-hetero) is 1. The molecule has 1 aromatic carbocycles. The number of ether oxygens (including phenoxy) is 4. The van der Waals surface area contributed by atoms with Crippen LogP contribution in [0.15, 0.2) is 53.1 Å². The van der Waals surface area contributed by atoms with Crippen molar-refractivity contribution < 1.29 is 152 Å². The monoisotopic (exact) mass is 1180 g/mol. The predicted octanol–water partition coefficient (Wildman–Crippen LogP) is 1.89. The van der Waals surface area contributed by atoms with E-state index in [1.165, 1.54) is 32.1 Å². The number of aliphatic hydroxyl groups is 5. The molecule has 1 saturated heterocycles. The number of fused-ring (bicyclic) bond motifs is 5. The van der Waals surface area contributed by atoms with Crippen LogP contribution in [-0.4, -0.2) is 116 Å². The molecule has 0 aromatic heterocycles. The van der Waals surface area contributed by atoms with Gasteiger partial charge in [0.1, 0.15) is 29.5 Å². The molecule has 292 valence electrons. The Morgan fingerprint density at radius 2 is 1.63 bits per heavy atom. The van der Waals surface area contributed by atoms with Gasteiger partial charge in [-0.2, -0.15) is 0 Å². The van der Waals surface area contributed by atoms with Gasteiger partial charge in [0.25, 0.3) is 0 Å². The van der Waals surface area contributed by atoms with Crippen LogP contribution in [0.3, 0.4) is 0 Å². The van der Waals surface area contributed by atoms with Crippen molar-refractivity contribution in [3.63, 3.8) is 0 Å². The second kappa shape index (κ2) is 17.6. The molecule has 54 heavy (non-hydrogen) atoms. The van der Waals surface area contributed by atoms with E-state index in [1.54, 1.807) is 59.7 Å². The molecule has 2 saturated carbocycles. The Morgan fingerprint density at radius 3 is 2.17 bits per heavy atom. The quantitative estimate of drug-likeness (QED) is 0.125. The van der Waals surface area contributed by atoms with E-state index in [-0.39, 0.29) is 118 Å². The molecule has 1 amide bonds. The van der Waals surface area contributed by atoms with Gasteiger partial charge < -0.3 is 49.8 Å².